The molecule has 1 amide bonds. The highest BCUT2D eigenvalue weighted by atomic mass is 35.5. The molecule has 0 aliphatic heterocycles. The molecule has 28 heavy (non-hydrogen) atoms. The van der Waals surface area contributed by atoms with Crippen LogP contribution < -0.4 is 5.32 Å². The van der Waals surface area contributed by atoms with Crippen LogP contribution in [-0.4, -0.2) is 30.5 Å². The van der Waals surface area contributed by atoms with Crippen molar-refractivity contribution in [1.82, 2.24) is 24.5 Å². The summed E-state index contributed by atoms with van der Waals surface area (Å²) in [6.45, 7) is 0.282. The van der Waals surface area contributed by atoms with Crippen molar-refractivity contribution in [2.75, 3.05) is 5.32 Å². The van der Waals surface area contributed by atoms with Crippen LogP contribution in [0.1, 0.15) is 21.7 Å². The van der Waals surface area contributed by atoms with Crippen molar-refractivity contribution in [1.29, 1.82) is 0 Å². The summed E-state index contributed by atoms with van der Waals surface area (Å²) in [6.07, 6.45) is -3.45. The number of aromatic nitrogens is 5. The van der Waals surface area contributed by atoms with Gasteiger partial charge in [-0.15, -0.1) is 5.10 Å². The lowest BCUT2D eigenvalue weighted by molar-refractivity contribution is -0.141. The molecule has 0 fully saturated rings. The minimum Gasteiger partial charge on any atom is -0.288 e. The first-order valence-corrected chi connectivity index (χ1v) is 8.64. The van der Waals surface area contributed by atoms with Gasteiger partial charge >= 0.3 is 6.18 Å². The Hall–Kier alpha value is -2.30. The van der Waals surface area contributed by atoms with E-state index in [0.29, 0.717) is 10.0 Å². The average Bonchev–Trinajstić information content (AvgIpc) is 3.14. The summed E-state index contributed by atoms with van der Waals surface area (Å²) < 4.78 is 40.7. The largest absolute Gasteiger partial charge is 0.436 e. The first-order valence-electron chi connectivity index (χ1n) is 7.50. The number of nitrogens with one attached hydrogen (secondary N) is 1. The lowest BCUT2D eigenvalue weighted by atomic mass is 10.2. The summed E-state index contributed by atoms with van der Waals surface area (Å²) in [5, 5.41) is 9.56. The van der Waals surface area contributed by atoms with Gasteiger partial charge in [0.1, 0.15) is 17.0 Å². The molecular formula is C15H10Cl3F3N6O. The number of alkyl halides is 3. The molecule has 2 aromatic heterocycles. The number of carbonyl (C=O) groups excluding carboxylic acids is 1. The standard InChI is InChI=1S/C15H10Cl3F3N6O/c1-26-11(10(18)12(24-26)15(19,20)21)13(28)23-14-22-6-27(25-14)5-7-2-3-8(16)9(17)4-7/h2-4,6H,5H2,1H3,(H,23,25,28). The van der Waals surface area contributed by atoms with E-state index in [-0.39, 0.29) is 12.5 Å². The van der Waals surface area contributed by atoms with Gasteiger partial charge in [0, 0.05) is 7.05 Å². The fraction of sp³-hybridized carbons (Fsp3) is 0.200. The molecular weight excluding hydrogens is 444 g/mol. The van der Waals surface area contributed by atoms with Gasteiger partial charge in [-0.3, -0.25) is 14.8 Å². The minimum absolute atomic E-state index is 0.115. The SMILES string of the molecule is Cn1nc(C(F)(F)F)c(Cl)c1C(=O)Nc1ncn(Cc2ccc(Cl)c(Cl)c2)n1. The predicted molar refractivity (Wildman–Crippen MR) is 96.8 cm³/mol. The Kier molecular flexibility index (Phi) is 5.55. The molecule has 2 heterocycles. The maximum absolute atomic E-state index is 12.9. The Morgan fingerprint density at radius 2 is 1.89 bits per heavy atom. The Labute approximate surface area is 171 Å². The van der Waals surface area contributed by atoms with Crippen molar-refractivity contribution in [2.24, 2.45) is 7.05 Å². The van der Waals surface area contributed by atoms with E-state index in [4.69, 9.17) is 34.8 Å². The first-order chi connectivity index (χ1) is 13.1. The van der Waals surface area contributed by atoms with Crippen molar-refractivity contribution < 1.29 is 18.0 Å². The highest BCUT2D eigenvalue weighted by Crippen LogP contribution is 2.35. The number of hydrogen-bond donors (Lipinski definition) is 1. The van der Waals surface area contributed by atoms with Crippen LogP contribution in [0.4, 0.5) is 19.1 Å². The van der Waals surface area contributed by atoms with Gasteiger partial charge in [-0.2, -0.15) is 18.3 Å². The number of aryl methyl sites for hydroxylation is 1. The van der Waals surface area contributed by atoms with Gasteiger partial charge in [0.25, 0.3) is 5.91 Å². The zero-order valence-corrected chi connectivity index (χ0v) is 16.2. The van der Waals surface area contributed by atoms with Crippen molar-refractivity contribution in [3.05, 3.63) is 56.5 Å². The molecule has 0 saturated heterocycles. The summed E-state index contributed by atoms with van der Waals surface area (Å²) in [5.74, 6) is -1.04. The number of carbonyl (C=O) groups is 1. The first kappa shape index (κ1) is 20.4. The predicted octanol–water partition coefficient (Wildman–Crippen LogP) is 4.29. The van der Waals surface area contributed by atoms with Gasteiger partial charge in [0.2, 0.25) is 5.95 Å². The fourth-order valence-corrected chi connectivity index (χ4v) is 3.01. The van der Waals surface area contributed by atoms with Crippen LogP contribution >= 0.6 is 34.8 Å². The molecule has 0 saturated carbocycles. The third-order valence-corrected chi connectivity index (χ3v) is 4.66. The molecule has 0 radical (unpaired) electrons. The number of nitrogens with zero attached hydrogens (tertiary/aromatic N) is 5. The smallest absolute Gasteiger partial charge is 0.288 e. The van der Waals surface area contributed by atoms with Crippen molar-refractivity contribution in [3.63, 3.8) is 0 Å². The number of halogens is 6. The van der Waals surface area contributed by atoms with Gasteiger partial charge in [0.15, 0.2) is 5.69 Å². The van der Waals surface area contributed by atoms with Crippen LogP contribution in [0.15, 0.2) is 24.5 Å². The van der Waals surface area contributed by atoms with Crippen molar-refractivity contribution >= 4 is 46.7 Å². The van der Waals surface area contributed by atoms with E-state index in [1.807, 2.05) is 0 Å². The van der Waals surface area contributed by atoms with E-state index in [1.54, 1.807) is 18.2 Å². The van der Waals surface area contributed by atoms with Crippen molar-refractivity contribution in [3.8, 4) is 0 Å². The number of rotatable bonds is 4. The zero-order valence-electron chi connectivity index (χ0n) is 13.9. The summed E-state index contributed by atoms with van der Waals surface area (Å²) in [6, 6.07) is 5.02. The number of benzene rings is 1. The lowest BCUT2D eigenvalue weighted by Gasteiger charge is -2.04. The molecule has 13 heteroatoms. The highest BCUT2D eigenvalue weighted by Gasteiger charge is 2.39. The molecule has 0 unspecified atom stereocenters. The van der Waals surface area contributed by atoms with E-state index in [1.165, 1.54) is 18.1 Å². The molecule has 0 aliphatic rings. The molecule has 3 aromatic rings. The molecule has 0 aliphatic carbocycles. The van der Waals surface area contributed by atoms with Gasteiger partial charge in [0.05, 0.1) is 16.6 Å². The number of hydrogen-bond acceptors (Lipinski definition) is 4. The van der Waals surface area contributed by atoms with Crippen molar-refractivity contribution in [2.45, 2.75) is 12.7 Å². The average molecular weight is 454 g/mol. The topological polar surface area (TPSA) is 77.6 Å². The van der Waals surface area contributed by atoms with Gasteiger partial charge in [-0.1, -0.05) is 40.9 Å². The molecule has 1 N–H and O–H groups in total. The van der Waals surface area contributed by atoms with Gasteiger partial charge in [-0.25, -0.2) is 9.67 Å². The molecule has 0 bridgehead atoms. The normalized spacial score (nSPS) is 11.7. The maximum Gasteiger partial charge on any atom is 0.436 e. The lowest BCUT2D eigenvalue weighted by Crippen LogP contribution is -2.17. The fourth-order valence-electron chi connectivity index (χ4n) is 2.34. The molecule has 0 spiro atoms. The van der Waals surface area contributed by atoms with E-state index < -0.39 is 28.5 Å². The van der Waals surface area contributed by atoms with Crippen LogP contribution in [0.3, 0.4) is 0 Å². The third kappa shape index (κ3) is 4.23. The molecule has 148 valence electrons. The van der Waals surface area contributed by atoms with E-state index >= 15 is 0 Å². The second-order valence-electron chi connectivity index (χ2n) is 5.60. The number of amides is 1. The summed E-state index contributed by atoms with van der Waals surface area (Å²) in [7, 11) is 1.17. The summed E-state index contributed by atoms with van der Waals surface area (Å²) >= 11 is 17.5. The van der Waals surface area contributed by atoms with Gasteiger partial charge < -0.3 is 0 Å². The van der Waals surface area contributed by atoms with Crippen LogP contribution in [0.2, 0.25) is 15.1 Å². The molecule has 1 aromatic carbocycles. The van der Waals surface area contributed by atoms with Crippen LogP contribution in [0, 0.1) is 0 Å². The van der Waals surface area contributed by atoms with E-state index in [2.05, 4.69) is 20.5 Å². The molecule has 3 rings (SSSR count). The third-order valence-electron chi connectivity index (χ3n) is 3.56. The van der Waals surface area contributed by atoms with E-state index in [9.17, 15) is 18.0 Å². The second-order valence-corrected chi connectivity index (χ2v) is 6.79. The van der Waals surface area contributed by atoms with E-state index in [0.717, 1.165) is 10.2 Å². The Balaban J connectivity index is 1.76. The monoisotopic (exact) mass is 452 g/mol. The van der Waals surface area contributed by atoms with Gasteiger partial charge in [-0.05, 0) is 17.7 Å². The van der Waals surface area contributed by atoms with Crippen LogP contribution in [0.25, 0.3) is 0 Å². The van der Waals surface area contributed by atoms with Crippen LogP contribution in [0.5, 0.6) is 0 Å². The maximum atomic E-state index is 12.9. The summed E-state index contributed by atoms with van der Waals surface area (Å²) in [4.78, 5) is 16.2. The minimum atomic E-state index is -4.78. The summed E-state index contributed by atoms with van der Waals surface area (Å²) in [5.41, 5.74) is -1.03. The van der Waals surface area contributed by atoms with Crippen LogP contribution in [-0.2, 0) is 19.8 Å². The Morgan fingerprint density at radius 3 is 2.50 bits per heavy atom. The Bertz CT molecular complexity index is 1050. The zero-order chi connectivity index (χ0) is 20.6. The number of anilines is 1. The second kappa shape index (κ2) is 7.61. The Morgan fingerprint density at radius 1 is 1.18 bits per heavy atom. The highest BCUT2D eigenvalue weighted by molar-refractivity contribution is 6.42. The molecule has 0 atom stereocenters. The quantitative estimate of drug-likeness (QED) is 0.639. The molecule has 7 nitrogen and oxygen atoms in total.